The van der Waals surface area contributed by atoms with E-state index in [1.807, 2.05) is 0 Å². The summed E-state index contributed by atoms with van der Waals surface area (Å²) in [6.45, 7) is 4.79. The van der Waals surface area contributed by atoms with Crippen molar-refractivity contribution < 1.29 is 36.1 Å². The molecule has 0 unspecified atom stereocenters. The van der Waals surface area contributed by atoms with Crippen LogP contribution >= 0.6 is 0 Å². The molecule has 200 valence electrons. The van der Waals surface area contributed by atoms with Crippen LogP contribution < -0.4 is 10.6 Å². The van der Waals surface area contributed by atoms with Crippen molar-refractivity contribution in [2.45, 2.75) is 24.9 Å². The average molecular weight is 525 g/mol. The monoisotopic (exact) mass is 524 g/mol. The maximum Gasteiger partial charge on any atom is 0.500 e. The Kier molecular flexibility index (Phi) is 15.2. The fraction of sp³-hybridized carbons (Fsp3) is 0.900. The van der Waals surface area contributed by atoms with Crippen LogP contribution in [-0.4, -0.2) is 134 Å². The summed E-state index contributed by atoms with van der Waals surface area (Å²) in [5, 5.41) is 5.89. The van der Waals surface area contributed by atoms with Gasteiger partial charge in [0.1, 0.15) is 0 Å². The van der Waals surface area contributed by atoms with Gasteiger partial charge in [-0.25, -0.2) is 0 Å². The van der Waals surface area contributed by atoms with Crippen LogP contribution in [0.3, 0.4) is 0 Å². The number of nitrogens with zero attached hydrogens (tertiary/aromatic N) is 2. The van der Waals surface area contributed by atoms with E-state index in [2.05, 4.69) is 20.4 Å². The van der Waals surface area contributed by atoms with Crippen molar-refractivity contribution in [1.29, 1.82) is 0 Å². The molecule has 1 aliphatic heterocycles. The third-order valence-corrected chi connectivity index (χ3v) is 11.7. The van der Waals surface area contributed by atoms with Gasteiger partial charge in [0.2, 0.25) is 11.8 Å². The number of hydrogen-bond donors (Lipinski definition) is 2. The molecule has 0 aromatic carbocycles. The van der Waals surface area contributed by atoms with E-state index >= 15 is 0 Å². The standard InChI is InChI=1S/C20H44N4O8Si2/c1-27-33(28-2,29-3)15-7-9-21-19(25)17-23-11-13-24(14-12-23)18-20(26)22-10-8-16-34(30-4,31-5)32-6/h7-18H2,1-6H3,(H,21,25)(H,22,26). The zero-order valence-electron chi connectivity index (χ0n) is 21.6. The molecule has 34 heavy (non-hydrogen) atoms. The number of carbonyl (C=O) groups excluding carboxylic acids is 2. The summed E-state index contributed by atoms with van der Waals surface area (Å²) < 4.78 is 32.3. The number of amides is 2. The molecule has 0 spiro atoms. The van der Waals surface area contributed by atoms with Crippen LogP contribution in [0.1, 0.15) is 12.8 Å². The molecular formula is C20H44N4O8Si2. The summed E-state index contributed by atoms with van der Waals surface area (Å²) in [6.07, 6.45) is 1.45. The first-order valence-electron chi connectivity index (χ1n) is 11.6. The van der Waals surface area contributed by atoms with E-state index in [0.29, 0.717) is 38.3 Å². The zero-order valence-corrected chi connectivity index (χ0v) is 23.6. The molecule has 1 heterocycles. The third-order valence-electron chi connectivity index (χ3n) is 6.03. The second-order valence-electron chi connectivity index (χ2n) is 8.05. The molecule has 0 bridgehead atoms. The summed E-state index contributed by atoms with van der Waals surface area (Å²) in [5.41, 5.74) is 0. The van der Waals surface area contributed by atoms with Crippen molar-refractivity contribution >= 4 is 29.4 Å². The predicted molar refractivity (Wildman–Crippen MR) is 131 cm³/mol. The van der Waals surface area contributed by atoms with E-state index in [-0.39, 0.29) is 11.8 Å². The minimum absolute atomic E-state index is 0.00601. The lowest BCUT2D eigenvalue weighted by Gasteiger charge is -2.33. The van der Waals surface area contributed by atoms with Crippen molar-refractivity contribution in [3.05, 3.63) is 0 Å². The lowest BCUT2D eigenvalue weighted by Crippen LogP contribution is -2.51. The van der Waals surface area contributed by atoms with Crippen LogP contribution in [0.25, 0.3) is 0 Å². The molecule has 2 N–H and O–H groups in total. The molecule has 0 saturated carbocycles. The molecule has 0 aliphatic carbocycles. The molecule has 0 aromatic heterocycles. The molecule has 0 aromatic rings. The van der Waals surface area contributed by atoms with Crippen molar-refractivity contribution in [2.24, 2.45) is 0 Å². The van der Waals surface area contributed by atoms with Crippen molar-refractivity contribution in [3.8, 4) is 0 Å². The first kappa shape index (κ1) is 31.1. The van der Waals surface area contributed by atoms with E-state index in [1.54, 1.807) is 42.7 Å². The molecule has 1 saturated heterocycles. The van der Waals surface area contributed by atoms with Crippen LogP contribution in [0.2, 0.25) is 12.1 Å². The number of piperazine rings is 1. The van der Waals surface area contributed by atoms with Gasteiger partial charge in [-0.15, -0.1) is 0 Å². The van der Waals surface area contributed by atoms with Gasteiger partial charge in [0, 0.05) is 94.0 Å². The van der Waals surface area contributed by atoms with E-state index in [9.17, 15) is 9.59 Å². The summed E-state index contributed by atoms with van der Waals surface area (Å²) in [5.74, 6) is -0.0120. The summed E-state index contributed by atoms with van der Waals surface area (Å²) in [4.78, 5) is 28.7. The maximum atomic E-state index is 12.2. The highest BCUT2D eigenvalue weighted by atomic mass is 28.4. The summed E-state index contributed by atoms with van der Waals surface area (Å²) >= 11 is 0. The van der Waals surface area contributed by atoms with Gasteiger partial charge in [-0.05, 0) is 12.8 Å². The lowest BCUT2D eigenvalue weighted by atomic mass is 10.3. The normalized spacial score (nSPS) is 15.9. The van der Waals surface area contributed by atoms with Crippen LogP contribution in [0.15, 0.2) is 0 Å². The Morgan fingerprint density at radius 1 is 0.618 bits per heavy atom. The molecule has 1 fully saturated rings. The van der Waals surface area contributed by atoms with Crippen LogP contribution in [0.5, 0.6) is 0 Å². The van der Waals surface area contributed by atoms with Gasteiger partial charge in [0.25, 0.3) is 0 Å². The zero-order chi connectivity index (χ0) is 25.5. The van der Waals surface area contributed by atoms with Gasteiger partial charge >= 0.3 is 17.6 Å². The Morgan fingerprint density at radius 3 is 1.18 bits per heavy atom. The summed E-state index contributed by atoms with van der Waals surface area (Å²) in [6, 6.07) is 1.29. The quantitative estimate of drug-likeness (QED) is 0.177. The van der Waals surface area contributed by atoms with E-state index in [1.165, 1.54) is 0 Å². The average Bonchev–Trinajstić information content (AvgIpc) is 2.86. The Morgan fingerprint density at radius 2 is 0.912 bits per heavy atom. The number of hydrogen-bond acceptors (Lipinski definition) is 10. The lowest BCUT2D eigenvalue weighted by molar-refractivity contribution is -0.125. The third kappa shape index (κ3) is 10.8. The van der Waals surface area contributed by atoms with Gasteiger partial charge in [-0.2, -0.15) is 0 Å². The highest BCUT2D eigenvalue weighted by Crippen LogP contribution is 2.15. The molecular weight excluding hydrogens is 480 g/mol. The number of nitrogens with one attached hydrogen (secondary N) is 2. The van der Waals surface area contributed by atoms with Gasteiger partial charge in [-0.1, -0.05) is 0 Å². The fourth-order valence-electron chi connectivity index (χ4n) is 3.80. The Balaban J connectivity index is 2.18. The highest BCUT2D eigenvalue weighted by molar-refractivity contribution is 6.60. The largest absolute Gasteiger partial charge is 0.500 e. The first-order chi connectivity index (χ1) is 16.3. The topological polar surface area (TPSA) is 120 Å². The summed E-state index contributed by atoms with van der Waals surface area (Å²) in [7, 11) is 4.31. The Bertz CT molecular complexity index is 522. The SMILES string of the molecule is CO[Si](CCCNC(=O)CN1CCN(CC(=O)NCCC[Si](OC)(OC)OC)CC1)(OC)OC. The van der Waals surface area contributed by atoms with Gasteiger partial charge in [0.15, 0.2) is 0 Å². The Labute approximate surface area is 206 Å². The maximum absolute atomic E-state index is 12.2. The molecule has 2 amide bonds. The fourth-order valence-corrected chi connectivity index (χ4v) is 7.25. The van der Waals surface area contributed by atoms with Gasteiger partial charge < -0.3 is 37.2 Å². The number of rotatable bonds is 18. The first-order valence-corrected chi connectivity index (χ1v) is 15.5. The smallest absolute Gasteiger partial charge is 0.377 e. The van der Waals surface area contributed by atoms with Crippen molar-refractivity contribution in [3.63, 3.8) is 0 Å². The molecule has 1 rings (SSSR count). The minimum atomic E-state index is -2.59. The molecule has 0 radical (unpaired) electrons. The molecule has 1 aliphatic rings. The highest BCUT2D eigenvalue weighted by Gasteiger charge is 2.37. The van der Waals surface area contributed by atoms with Gasteiger partial charge in [-0.3, -0.25) is 19.4 Å². The van der Waals surface area contributed by atoms with Crippen LogP contribution in [0.4, 0.5) is 0 Å². The van der Waals surface area contributed by atoms with E-state index in [0.717, 1.165) is 39.0 Å². The molecule has 12 nitrogen and oxygen atoms in total. The van der Waals surface area contributed by atoms with Crippen LogP contribution in [-0.2, 0) is 36.1 Å². The molecule has 0 atom stereocenters. The Hall–Kier alpha value is -0.946. The number of carbonyl (C=O) groups is 2. The molecule has 14 heteroatoms. The van der Waals surface area contributed by atoms with E-state index in [4.69, 9.17) is 26.6 Å². The van der Waals surface area contributed by atoms with Crippen molar-refractivity contribution in [1.82, 2.24) is 20.4 Å². The second-order valence-corrected chi connectivity index (χ2v) is 14.2. The van der Waals surface area contributed by atoms with Crippen LogP contribution in [0, 0.1) is 0 Å². The van der Waals surface area contributed by atoms with E-state index < -0.39 is 17.6 Å². The van der Waals surface area contributed by atoms with Crippen molar-refractivity contribution in [2.75, 3.05) is 95.0 Å². The minimum Gasteiger partial charge on any atom is -0.377 e. The predicted octanol–water partition coefficient (Wildman–Crippen LogP) is -0.627. The second kappa shape index (κ2) is 16.7. The van der Waals surface area contributed by atoms with Gasteiger partial charge in [0.05, 0.1) is 13.1 Å².